The van der Waals surface area contributed by atoms with Gasteiger partial charge in [0.1, 0.15) is 16.6 Å². The number of carbonyl (C=O) groups excluding carboxylic acids is 2. The van der Waals surface area contributed by atoms with Crippen LogP contribution in [0.1, 0.15) is 44.0 Å². The highest BCUT2D eigenvalue weighted by atomic mass is 35.5. The van der Waals surface area contributed by atoms with Crippen molar-refractivity contribution in [2.45, 2.75) is 45.3 Å². The van der Waals surface area contributed by atoms with Crippen molar-refractivity contribution in [3.05, 3.63) is 22.8 Å². The zero-order valence-corrected chi connectivity index (χ0v) is 15.7. The second-order valence-corrected chi connectivity index (χ2v) is 7.33. The van der Waals surface area contributed by atoms with Crippen molar-refractivity contribution >= 4 is 29.5 Å². The molecule has 0 aromatic carbocycles. The fourth-order valence-electron chi connectivity index (χ4n) is 2.55. The highest BCUT2D eigenvalue weighted by Gasteiger charge is 2.27. The number of nitrogens with one attached hydrogen (secondary N) is 1. The van der Waals surface area contributed by atoms with Gasteiger partial charge in [-0.25, -0.2) is 14.6 Å². The first-order valence-corrected chi connectivity index (χ1v) is 8.56. The Kier molecular flexibility index (Phi) is 6.11. The molecule has 1 aliphatic rings. The summed E-state index contributed by atoms with van der Waals surface area (Å²) in [6.45, 7) is 6.74. The van der Waals surface area contributed by atoms with Crippen molar-refractivity contribution in [1.29, 1.82) is 0 Å². The fourth-order valence-corrected chi connectivity index (χ4v) is 2.76. The second-order valence-electron chi connectivity index (χ2n) is 6.94. The molecule has 0 atom stereocenters. The second kappa shape index (κ2) is 7.91. The van der Waals surface area contributed by atoms with Gasteiger partial charge in [0, 0.05) is 19.1 Å². The van der Waals surface area contributed by atoms with Gasteiger partial charge in [-0.1, -0.05) is 11.6 Å². The van der Waals surface area contributed by atoms with E-state index in [9.17, 15) is 9.59 Å². The van der Waals surface area contributed by atoms with Gasteiger partial charge >= 0.3 is 12.1 Å². The molecular formula is C17H24ClN3O4. The van der Waals surface area contributed by atoms with Crippen molar-refractivity contribution in [3.63, 3.8) is 0 Å². The molecule has 1 amide bonds. The predicted molar refractivity (Wildman–Crippen MR) is 95.0 cm³/mol. The van der Waals surface area contributed by atoms with E-state index in [0.29, 0.717) is 24.5 Å². The molecule has 2 heterocycles. The molecule has 25 heavy (non-hydrogen) atoms. The van der Waals surface area contributed by atoms with Crippen LogP contribution in [0.15, 0.2) is 12.1 Å². The number of carbonyl (C=O) groups is 2. The van der Waals surface area contributed by atoms with Crippen LogP contribution in [0.4, 0.5) is 10.6 Å². The van der Waals surface area contributed by atoms with E-state index >= 15 is 0 Å². The SMILES string of the molecule is COC(=O)c1cc(Cl)nc(NC2CCN(C(=O)OC(C)(C)C)CC2)c1. The van der Waals surface area contributed by atoms with Gasteiger partial charge in [0.25, 0.3) is 0 Å². The van der Waals surface area contributed by atoms with Crippen molar-refractivity contribution in [2.75, 3.05) is 25.5 Å². The standard InChI is InChI=1S/C17H24ClN3O4/c1-17(2,3)25-16(23)21-7-5-12(6-8-21)19-14-10-11(15(22)24-4)9-13(18)20-14/h9-10,12H,5-8H2,1-4H3,(H,19,20). The summed E-state index contributed by atoms with van der Waals surface area (Å²) in [5, 5.41) is 3.49. The first kappa shape index (κ1) is 19.3. The lowest BCUT2D eigenvalue weighted by Crippen LogP contribution is -2.44. The molecule has 0 aliphatic carbocycles. The average Bonchev–Trinajstić information content (AvgIpc) is 2.52. The summed E-state index contributed by atoms with van der Waals surface area (Å²) in [4.78, 5) is 29.6. The largest absolute Gasteiger partial charge is 0.465 e. The molecule has 2 rings (SSSR count). The Bertz CT molecular complexity index is 637. The molecule has 138 valence electrons. The van der Waals surface area contributed by atoms with E-state index in [1.54, 1.807) is 11.0 Å². The Hall–Kier alpha value is -2.02. The number of anilines is 1. The Morgan fingerprint density at radius 1 is 1.28 bits per heavy atom. The Balaban J connectivity index is 1.93. The highest BCUT2D eigenvalue weighted by molar-refractivity contribution is 6.29. The van der Waals surface area contributed by atoms with Crippen molar-refractivity contribution in [1.82, 2.24) is 9.88 Å². The molecule has 1 fully saturated rings. The third kappa shape index (κ3) is 5.77. The van der Waals surface area contributed by atoms with Crippen LogP contribution in [0.25, 0.3) is 0 Å². The molecule has 1 saturated heterocycles. The first-order chi connectivity index (χ1) is 11.7. The number of ether oxygens (including phenoxy) is 2. The van der Waals surface area contributed by atoms with E-state index in [0.717, 1.165) is 12.8 Å². The topological polar surface area (TPSA) is 80.8 Å². The molecule has 7 nitrogen and oxygen atoms in total. The number of likely N-dealkylation sites (tertiary alicyclic amines) is 1. The highest BCUT2D eigenvalue weighted by Crippen LogP contribution is 2.20. The molecule has 1 N–H and O–H groups in total. The summed E-state index contributed by atoms with van der Waals surface area (Å²) in [7, 11) is 1.32. The van der Waals surface area contributed by atoms with Crippen molar-refractivity contribution < 1.29 is 19.1 Å². The minimum absolute atomic E-state index is 0.134. The van der Waals surface area contributed by atoms with Crippen LogP contribution in [-0.2, 0) is 9.47 Å². The summed E-state index contributed by atoms with van der Waals surface area (Å²) in [6.07, 6.45) is 1.21. The van der Waals surface area contributed by atoms with Gasteiger partial charge in [0.05, 0.1) is 12.7 Å². The van der Waals surface area contributed by atoms with E-state index in [4.69, 9.17) is 21.1 Å². The van der Waals surface area contributed by atoms with Gasteiger partial charge in [-0.15, -0.1) is 0 Å². The number of halogens is 1. The maximum atomic E-state index is 12.1. The summed E-state index contributed by atoms with van der Waals surface area (Å²) < 4.78 is 10.1. The molecule has 0 unspecified atom stereocenters. The molecule has 0 spiro atoms. The molecule has 0 radical (unpaired) electrons. The first-order valence-electron chi connectivity index (χ1n) is 8.18. The van der Waals surface area contributed by atoms with E-state index in [1.165, 1.54) is 13.2 Å². The lowest BCUT2D eigenvalue weighted by molar-refractivity contribution is 0.0210. The van der Waals surface area contributed by atoms with Crippen LogP contribution in [0.2, 0.25) is 5.15 Å². The van der Waals surface area contributed by atoms with Gasteiger partial charge in [-0.2, -0.15) is 0 Å². The van der Waals surface area contributed by atoms with Crippen LogP contribution >= 0.6 is 11.6 Å². The van der Waals surface area contributed by atoms with E-state index in [1.807, 2.05) is 20.8 Å². The summed E-state index contributed by atoms with van der Waals surface area (Å²) in [5.74, 6) is 0.0516. The lowest BCUT2D eigenvalue weighted by atomic mass is 10.1. The Labute approximate surface area is 152 Å². The van der Waals surface area contributed by atoms with Crippen LogP contribution in [0.3, 0.4) is 0 Å². The molecule has 1 aliphatic heterocycles. The summed E-state index contributed by atoms with van der Waals surface area (Å²) in [5.41, 5.74) is -0.155. The third-order valence-corrected chi connectivity index (χ3v) is 3.91. The van der Waals surface area contributed by atoms with E-state index < -0.39 is 11.6 Å². The van der Waals surface area contributed by atoms with Gasteiger partial charge in [-0.05, 0) is 45.7 Å². The van der Waals surface area contributed by atoms with E-state index in [-0.39, 0.29) is 17.3 Å². The molecule has 0 bridgehead atoms. The quantitative estimate of drug-likeness (QED) is 0.650. The monoisotopic (exact) mass is 369 g/mol. The molecule has 1 aromatic rings. The van der Waals surface area contributed by atoms with Crippen LogP contribution in [0, 0.1) is 0 Å². The zero-order valence-electron chi connectivity index (χ0n) is 15.0. The van der Waals surface area contributed by atoms with Gasteiger partial charge in [-0.3, -0.25) is 0 Å². The smallest absolute Gasteiger partial charge is 0.410 e. The summed E-state index contributed by atoms with van der Waals surface area (Å²) in [6, 6.07) is 3.21. The Morgan fingerprint density at radius 3 is 2.48 bits per heavy atom. The number of hydrogen-bond donors (Lipinski definition) is 1. The average molecular weight is 370 g/mol. The zero-order chi connectivity index (χ0) is 18.6. The minimum Gasteiger partial charge on any atom is -0.465 e. The molecule has 8 heteroatoms. The normalized spacial score (nSPS) is 15.6. The Morgan fingerprint density at radius 2 is 1.92 bits per heavy atom. The molecular weight excluding hydrogens is 346 g/mol. The minimum atomic E-state index is -0.499. The number of piperidine rings is 1. The maximum Gasteiger partial charge on any atom is 0.410 e. The number of hydrogen-bond acceptors (Lipinski definition) is 6. The lowest BCUT2D eigenvalue weighted by Gasteiger charge is -2.33. The number of pyridine rings is 1. The number of amides is 1. The van der Waals surface area contributed by atoms with E-state index in [2.05, 4.69) is 10.3 Å². The number of rotatable bonds is 3. The number of aromatic nitrogens is 1. The predicted octanol–water partition coefficient (Wildman–Crippen LogP) is 3.33. The number of esters is 1. The maximum absolute atomic E-state index is 12.1. The summed E-state index contributed by atoms with van der Waals surface area (Å²) >= 11 is 5.97. The molecule has 1 aromatic heterocycles. The van der Waals surface area contributed by atoms with Crippen LogP contribution in [0.5, 0.6) is 0 Å². The number of nitrogens with zero attached hydrogens (tertiary/aromatic N) is 2. The van der Waals surface area contributed by atoms with Crippen molar-refractivity contribution in [2.24, 2.45) is 0 Å². The van der Waals surface area contributed by atoms with Gasteiger partial charge in [0.15, 0.2) is 0 Å². The molecule has 0 saturated carbocycles. The fraction of sp³-hybridized carbons (Fsp3) is 0.588. The van der Waals surface area contributed by atoms with Crippen LogP contribution in [-0.4, -0.2) is 53.8 Å². The number of methoxy groups -OCH3 is 1. The van der Waals surface area contributed by atoms with Crippen LogP contribution < -0.4 is 5.32 Å². The van der Waals surface area contributed by atoms with Gasteiger partial charge < -0.3 is 19.7 Å². The third-order valence-electron chi connectivity index (χ3n) is 3.71. The van der Waals surface area contributed by atoms with Crippen molar-refractivity contribution in [3.8, 4) is 0 Å². The van der Waals surface area contributed by atoms with Gasteiger partial charge in [0.2, 0.25) is 0 Å².